The van der Waals surface area contributed by atoms with Gasteiger partial charge in [0.15, 0.2) is 5.17 Å². The van der Waals surface area contributed by atoms with Crippen LogP contribution in [0, 0.1) is 0 Å². The summed E-state index contributed by atoms with van der Waals surface area (Å²) in [5.41, 5.74) is 10.6. The number of hydrogen-bond acceptors (Lipinski definition) is 4. The Balaban J connectivity index is 0.00000208. The molecule has 2 N–H and O–H groups in total. The molecule has 126 valence electrons. The van der Waals surface area contributed by atoms with Crippen molar-refractivity contribution >= 4 is 33.9 Å². The summed E-state index contributed by atoms with van der Waals surface area (Å²) in [5.74, 6) is 0.921. The third kappa shape index (κ3) is 5.51. The van der Waals surface area contributed by atoms with E-state index < -0.39 is 0 Å². The average Bonchev–Trinajstić information content (AvgIpc) is 2.62. The van der Waals surface area contributed by atoms with Gasteiger partial charge in [-0.15, -0.1) is 17.0 Å². The number of halogens is 1. The normalized spacial score (nSPS) is 13.7. The molecule has 0 saturated carbocycles. The van der Waals surface area contributed by atoms with Gasteiger partial charge in [0.05, 0.1) is 13.2 Å². The van der Waals surface area contributed by atoms with E-state index in [4.69, 9.17) is 10.5 Å². The third-order valence-corrected chi connectivity index (χ3v) is 4.59. The average molecular weight is 405 g/mol. The van der Waals surface area contributed by atoms with Crippen molar-refractivity contribution in [1.29, 1.82) is 0 Å². The van der Waals surface area contributed by atoms with Crippen LogP contribution in [-0.2, 0) is 11.3 Å². The highest BCUT2D eigenvalue weighted by Gasteiger charge is 2.05. The van der Waals surface area contributed by atoms with Crippen molar-refractivity contribution in [3.63, 3.8) is 0 Å². The molecule has 2 aromatic carbocycles. The monoisotopic (exact) mass is 404 g/mol. The molecule has 0 aromatic heterocycles. The van der Waals surface area contributed by atoms with Gasteiger partial charge >= 0.3 is 0 Å². The molecule has 1 aliphatic rings. The minimum Gasteiger partial charge on any atom is -0.378 e. The van der Waals surface area contributed by atoms with Crippen molar-refractivity contribution in [1.82, 2.24) is 0 Å². The van der Waals surface area contributed by atoms with E-state index in [9.17, 15) is 0 Å². The fourth-order valence-electron chi connectivity index (χ4n) is 2.35. The fraction of sp³-hybridized carbons (Fsp3) is 0.211. The number of aliphatic imine (C=N–C) groups is 1. The van der Waals surface area contributed by atoms with Crippen LogP contribution in [0.3, 0.4) is 0 Å². The first-order chi connectivity index (χ1) is 11.3. The number of amidine groups is 1. The molecule has 1 heterocycles. The Morgan fingerprint density at radius 2 is 1.71 bits per heavy atom. The molecule has 0 saturated heterocycles. The highest BCUT2D eigenvalue weighted by molar-refractivity contribution is 8.93. The molecule has 3 nitrogen and oxygen atoms in total. The first-order valence-electron chi connectivity index (χ1n) is 7.67. The predicted octanol–water partition coefficient (Wildman–Crippen LogP) is 4.78. The van der Waals surface area contributed by atoms with E-state index in [1.165, 1.54) is 22.3 Å². The molecular formula is C19H21BrN2OS. The summed E-state index contributed by atoms with van der Waals surface area (Å²) >= 11 is 1.58. The van der Waals surface area contributed by atoms with Gasteiger partial charge in [0.25, 0.3) is 0 Å². The van der Waals surface area contributed by atoms with Crippen molar-refractivity contribution in [3.05, 3.63) is 71.9 Å². The molecule has 0 amide bonds. The van der Waals surface area contributed by atoms with Gasteiger partial charge in [0.2, 0.25) is 0 Å². The molecule has 0 aliphatic carbocycles. The number of nitrogens with zero attached hydrogens (tertiary/aromatic N) is 1. The third-order valence-electron chi connectivity index (χ3n) is 3.68. The Morgan fingerprint density at radius 1 is 1.00 bits per heavy atom. The molecule has 3 rings (SSSR count). The number of hydrogen-bond donors (Lipinski definition) is 1. The van der Waals surface area contributed by atoms with E-state index in [1.807, 2.05) is 12.3 Å². The van der Waals surface area contributed by atoms with Crippen molar-refractivity contribution in [3.8, 4) is 11.1 Å². The molecule has 5 heteroatoms. The van der Waals surface area contributed by atoms with E-state index in [0.717, 1.165) is 12.2 Å². The Kier molecular flexibility index (Phi) is 7.56. The van der Waals surface area contributed by atoms with Crippen LogP contribution in [0.4, 0.5) is 0 Å². The predicted molar refractivity (Wildman–Crippen MR) is 109 cm³/mol. The molecule has 0 fully saturated rings. The van der Waals surface area contributed by atoms with Crippen molar-refractivity contribution in [2.75, 3.05) is 12.4 Å². The summed E-state index contributed by atoms with van der Waals surface area (Å²) < 4.78 is 5.77. The second-order valence-corrected chi connectivity index (χ2v) is 6.40. The number of nitrogens with two attached hydrogens (primary N) is 1. The maximum atomic E-state index is 5.77. The van der Waals surface area contributed by atoms with Crippen molar-refractivity contribution in [2.24, 2.45) is 10.7 Å². The van der Waals surface area contributed by atoms with Crippen molar-refractivity contribution in [2.45, 2.75) is 13.0 Å². The zero-order chi connectivity index (χ0) is 15.9. The van der Waals surface area contributed by atoms with Crippen LogP contribution in [-0.4, -0.2) is 17.5 Å². The van der Waals surface area contributed by atoms with Gasteiger partial charge in [-0.05, 0) is 28.7 Å². The van der Waals surface area contributed by atoms with E-state index >= 15 is 0 Å². The Hall–Kier alpha value is -1.56. The maximum Gasteiger partial charge on any atom is 0.158 e. The van der Waals surface area contributed by atoms with Crippen LogP contribution in [0.5, 0.6) is 0 Å². The highest BCUT2D eigenvalue weighted by Crippen LogP contribution is 2.20. The van der Waals surface area contributed by atoms with E-state index in [2.05, 4.69) is 53.5 Å². The summed E-state index contributed by atoms with van der Waals surface area (Å²) in [6.45, 7) is 1.35. The molecule has 1 aliphatic heterocycles. The first kappa shape index (κ1) is 18.8. The lowest BCUT2D eigenvalue weighted by Crippen LogP contribution is -2.11. The van der Waals surface area contributed by atoms with Crippen LogP contribution in [0.1, 0.15) is 12.0 Å². The summed E-state index contributed by atoms with van der Waals surface area (Å²) in [6.07, 6.45) is 2.77. The minimum absolute atomic E-state index is 0. The van der Waals surface area contributed by atoms with Gasteiger partial charge in [-0.25, -0.2) is 4.99 Å². The van der Waals surface area contributed by atoms with Crippen LogP contribution in [0.15, 0.2) is 71.4 Å². The van der Waals surface area contributed by atoms with Crippen LogP contribution < -0.4 is 5.73 Å². The minimum atomic E-state index is 0. The highest BCUT2D eigenvalue weighted by atomic mass is 79.9. The standard InChI is InChI=1S/C19H20N2OS.BrH/c20-19-21-12-16(14-23-19)10-11-22-13-15-6-8-18(9-7-15)17-4-2-1-3-5-17;/h1-9,12H,10-11,13-14H2,(H2,20,21);1H. The van der Waals surface area contributed by atoms with Gasteiger partial charge in [0, 0.05) is 12.0 Å². The lowest BCUT2D eigenvalue weighted by atomic mass is 10.0. The zero-order valence-electron chi connectivity index (χ0n) is 13.4. The molecule has 2 aromatic rings. The van der Waals surface area contributed by atoms with Crippen LogP contribution >= 0.6 is 28.7 Å². The van der Waals surface area contributed by atoms with Gasteiger partial charge in [-0.2, -0.15) is 0 Å². The second-order valence-electron chi connectivity index (χ2n) is 5.41. The Labute approximate surface area is 157 Å². The lowest BCUT2D eigenvalue weighted by molar-refractivity contribution is 0.124. The summed E-state index contributed by atoms with van der Waals surface area (Å²) in [4.78, 5) is 4.13. The summed E-state index contributed by atoms with van der Waals surface area (Å²) in [7, 11) is 0. The number of ether oxygens (including phenoxy) is 1. The van der Waals surface area contributed by atoms with E-state index in [1.54, 1.807) is 11.8 Å². The molecule has 0 bridgehead atoms. The maximum absolute atomic E-state index is 5.77. The molecular weight excluding hydrogens is 384 g/mol. The topological polar surface area (TPSA) is 47.6 Å². The van der Waals surface area contributed by atoms with E-state index in [-0.39, 0.29) is 17.0 Å². The fourth-order valence-corrected chi connectivity index (χ4v) is 3.03. The first-order valence-corrected chi connectivity index (χ1v) is 8.66. The molecule has 0 unspecified atom stereocenters. The SMILES string of the molecule is Br.NC1=NC=C(CCOCc2ccc(-c3ccccc3)cc2)CS1. The number of benzene rings is 2. The number of rotatable bonds is 6. The Morgan fingerprint density at radius 3 is 2.38 bits per heavy atom. The summed E-state index contributed by atoms with van der Waals surface area (Å²) in [6, 6.07) is 18.9. The number of thioether (sulfide) groups is 1. The van der Waals surface area contributed by atoms with Gasteiger partial charge in [-0.1, -0.05) is 66.4 Å². The largest absolute Gasteiger partial charge is 0.378 e. The second kappa shape index (κ2) is 9.67. The lowest BCUT2D eigenvalue weighted by Gasteiger charge is -2.11. The quantitative estimate of drug-likeness (QED) is 0.704. The van der Waals surface area contributed by atoms with Gasteiger partial charge < -0.3 is 10.5 Å². The van der Waals surface area contributed by atoms with Crippen LogP contribution in [0.25, 0.3) is 11.1 Å². The van der Waals surface area contributed by atoms with Crippen molar-refractivity contribution < 1.29 is 4.74 Å². The zero-order valence-corrected chi connectivity index (χ0v) is 15.9. The molecule has 0 radical (unpaired) electrons. The molecule has 24 heavy (non-hydrogen) atoms. The van der Waals surface area contributed by atoms with Gasteiger partial charge in [-0.3, -0.25) is 0 Å². The van der Waals surface area contributed by atoms with E-state index in [0.29, 0.717) is 18.4 Å². The summed E-state index contributed by atoms with van der Waals surface area (Å²) in [5, 5.41) is 0.646. The Bertz CT molecular complexity index is 699. The molecule has 0 spiro atoms. The van der Waals surface area contributed by atoms with Crippen LogP contribution in [0.2, 0.25) is 0 Å². The van der Waals surface area contributed by atoms with Gasteiger partial charge in [0.1, 0.15) is 0 Å². The molecule has 0 atom stereocenters. The smallest absolute Gasteiger partial charge is 0.158 e.